The molecule has 1 unspecified atom stereocenters. The summed E-state index contributed by atoms with van der Waals surface area (Å²) in [5.74, 6) is 0.622. The lowest BCUT2D eigenvalue weighted by atomic mass is 9.92. The van der Waals surface area contributed by atoms with E-state index in [0.29, 0.717) is 5.92 Å². The van der Waals surface area contributed by atoms with E-state index in [2.05, 4.69) is 60.5 Å². The molecule has 1 atom stereocenters. The molecule has 2 heteroatoms. The van der Waals surface area contributed by atoms with Gasteiger partial charge in [0.25, 0.3) is 0 Å². The Labute approximate surface area is 121 Å². The third-order valence-electron chi connectivity index (χ3n) is 4.54. The predicted molar refractivity (Wildman–Crippen MR) is 87.7 cm³/mol. The maximum Gasteiger partial charge on any atom is 0.0446 e. The van der Waals surface area contributed by atoms with Crippen LogP contribution in [0.3, 0.4) is 0 Å². The molecular weight excluding hydrogens is 244 g/mol. The molecule has 1 aliphatic heterocycles. The number of piperazine rings is 1. The molecule has 0 amide bonds. The second kappa shape index (κ2) is 5.84. The van der Waals surface area contributed by atoms with Gasteiger partial charge in [0.1, 0.15) is 0 Å². The summed E-state index contributed by atoms with van der Waals surface area (Å²) in [5, 5.41) is 6.27. The molecule has 0 spiro atoms. The van der Waals surface area contributed by atoms with Crippen LogP contribution in [0.4, 0.5) is 5.69 Å². The Morgan fingerprint density at radius 2 is 1.75 bits per heavy atom. The van der Waals surface area contributed by atoms with Crippen molar-refractivity contribution in [1.82, 2.24) is 5.32 Å². The van der Waals surface area contributed by atoms with Crippen molar-refractivity contribution in [3.8, 4) is 0 Å². The molecule has 106 valence electrons. The molecule has 1 aliphatic rings. The predicted octanol–water partition coefficient (Wildman–Crippen LogP) is 3.76. The smallest absolute Gasteiger partial charge is 0.0446 e. The molecule has 0 aromatic heterocycles. The monoisotopic (exact) mass is 268 g/mol. The normalized spacial score (nSPS) is 17.4. The van der Waals surface area contributed by atoms with Crippen LogP contribution in [0.15, 0.2) is 36.4 Å². The maximum absolute atomic E-state index is 3.43. The van der Waals surface area contributed by atoms with E-state index in [1.54, 1.807) is 0 Å². The lowest BCUT2D eigenvalue weighted by Crippen LogP contribution is -2.43. The average molecular weight is 268 g/mol. The Morgan fingerprint density at radius 1 is 1.05 bits per heavy atom. The molecule has 3 rings (SSSR count). The maximum atomic E-state index is 3.43. The summed E-state index contributed by atoms with van der Waals surface area (Å²) < 4.78 is 0. The van der Waals surface area contributed by atoms with Gasteiger partial charge in [-0.1, -0.05) is 44.2 Å². The first-order valence-electron chi connectivity index (χ1n) is 7.78. The van der Waals surface area contributed by atoms with Crippen molar-refractivity contribution in [3.63, 3.8) is 0 Å². The number of nitrogens with one attached hydrogen (secondary N) is 1. The molecule has 0 saturated carbocycles. The van der Waals surface area contributed by atoms with Gasteiger partial charge in [0.15, 0.2) is 0 Å². The topological polar surface area (TPSA) is 15.3 Å². The third-order valence-corrected chi connectivity index (χ3v) is 4.54. The van der Waals surface area contributed by atoms with Gasteiger partial charge >= 0.3 is 0 Å². The molecular formula is C18H24N2. The van der Waals surface area contributed by atoms with Gasteiger partial charge in [-0.15, -0.1) is 0 Å². The van der Waals surface area contributed by atoms with Crippen LogP contribution in [0.1, 0.15) is 31.7 Å². The zero-order valence-corrected chi connectivity index (χ0v) is 12.5. The quantitative estimate of drug-likeness (QED) is 0.911. The summed E-state index contributed by atoms with van der Waals surface area (Å²) in [7, 11) is 0. The lowest BCUT2D eigenvalue weighted by Gasteiger charge is -2.31. The highest BCUT2D eigenvalue weighted by Gasteiger charge is 2.15. The Kier molecular flexibility index (Phi) is 3.93. The largest absolute Gasteiger partial charge is 0.368 e. The number of fused-ring (bicyclic) bond motifs is 1. The zero-order chi connectivity index (χ0) is 13.9. The van der Waals surface area contributed by atoms with Crippen LogP contribution in [0.2, 0.25) is 0 Å². The molecule has 1 N–H and O–H groups in total. The van der Waals surface area contributed by atoms with Gasteiger partial charge in [0.05, 0.1) is 0 Å². The number of rotatable bonds is 3. The van der Waals surface area contributed by atoms with Crippen molar-refractivity contribution in [3.05, 3.63) is 42.0 Å². The summed E-state index contributed by atoms with van der Waals surface area (Å²) in [5.41, 5.74) is 2.89. The second-order valence-electron chi connectivity index (χ2n) is 5.77. The molecule has 1 heterocycles. The number of hydrogen-bond donors (Lipinski definition) is 1. The lowest BCUT2D eigenvalue weighted by molar-refractivity contribution is 0.590. The van der Waals surface area contributed by atoms with Gasteiger partial charge < -0.3 is 10.2 Å². The first kappa shape index (κ1) is 13.4. The van der Waals surface area contributed by atoms with Crippen molar-refractivity contribution in [2.75, 3.05) is 31.1 Å². The number of anilines is 1. The van der Waals surface area contributed by atoms with E-state index >= 15 is 0 Å². The van der Waals surface area contributed by atoms with E-state index < -0.39 is 0 Å². The summed E-state index contributed by atoms with van der Waals surface area (Å²) in [6.07, 6.45) is 1.19. The highest BCUT2D eigenvalue weighted by molar-refractivity contribution is 5.96. The van der Waals surface area contributed by atoms with Crippen molar-refractivity contribution in [2.45, 2.75) is 26.2 Å². The van der Waals surface area contributed by atoms with E-state index in [0.717, 1.165) is 26.2 Å². The third kappa shape index (κ3) is 2.40. The molecule has 0 radical (unpaired) electrons. The molecule has 0 aliphatic carbocycles. The molecule has 1 saturated heterocycles. The number of benzene rings is 2. The highest BCUT2D eigenvalue weighted by atomic mass is 15.2. The SMILES string of the molecule is CCC(C)c1ccc(N2CCNCC2)c2ccccc12. The van der Waals surface area contributed by atoms with Crippen LogP contribution in [0, 0.1) is 0 Å². The van der Waals surface area contributed by atoms with Gasteiger partial charge in [-0.25, -0.2) is 0 Å². The fourth-order valence-corrected chi connectivity index (χ4v) is 3.14. The highest BCUT2D eigenvalue weighted by Crippen LogP contribution is 2.34. The van der Waals surface area contributed by atoms with Crippen molar-refractivity contribution in [2.24, 2.45) is 0 Å². The van der Waals surface area contributed by atoms with Crippen molar-refractivity contribution in [1.29, 1.82) is 0 Å². The van der Waals surface area contributed by atoms with Gasteiger partial charge in [0.2, 0.25) is 0 Å². The molecule has 1 fully saturated rings. The zero-order valence-electron chi connectivity index (χ0n) is 12.5. The first-order valence-corrected chi connectivity index (χ1v) is 7.78. The Morgan fingerprint density at radius 3 is 2.45 bits per heavy atom. The van der Waals surface area contributed by atoms with Crippen LogP contribution in [0.5, 0.6) is 0 Å². The summed E-state index contributed by atoms with van der Waals surface area (Å²) >= 11 is 0. The van der Waals surface area contributed by atoms with Crippen LogP contribution in [0.25, 0.3) is 10.8 Å². The van der Waals surface area contributed by atoms with E-state index in [4.69, 9.17) is 0 Å². The molecule has 2 aromatic rings. The van der Waals surface area contributed by atoms with Gasteiger partial charge in [-0.2, -0.15) is 0 Å². The van der Waals surface area contributed by atoms with Crippen LogP contribution >= 0.6 is 0 Å². The number of hydrogen-bond acceptors (Lipinski definition) is 2. The standard InChI is InChI=1S/C18H24N2/c1-3-14(2)15-8-9-18(20-12-10-19-11-13-20)17-7-5-4-6-16(15)17/h4-9,14,19H,3,10-13H2,1-2H3. The summed E-state index contributed by atoms with van der Waals surface area (Å²) in [6, 6.07) is 13.5. The fraction of sp³-hybridized carbons (Fsp3) is 0.444. The second-order valence-corrected chi connectivity index (χ2v) is 5.77. The van der Waals surface area contributed by atoms with Gasteiger partial charge in [-0.3, -0.25) is 0 Å². The first-order chi connectivity index (χ1) is 9.81. The van der Waals surface area contributed by atoms with E-state index in [9.17, 15) is 0 Å². The Bertz CT molecular complexity index is 585. The van der Waals surface area contributed by atoms with E-state index in [-0.39, 0.29) is 0 Å². The van der Waals surface area contributed by atoms with Crippen molar-refractivity contribution < 1.29 is 0 Å². The van der Waals surface area contributed by atoms with Crippen molar-refractivity contribution >= 4 is 16.5 Å². The Balaban J connectivity index is 2.10. The molecule has 20 heavy (non-hydrogen) atoms. The molecule has 2 aromatic carbocycles. The average Bonchev–Trinajstić information content (AvgIpc) is 2.54. The molecule has 2 nitrogen and oxygen atoms in total. The van der Waals surface area contributed by atoms with E-state index in [1.807, 2.05) is 0 Å². The van der Waals surface area contributed by atoms with Crippen LogP contribution < -0.4 is 10.2 Å². The van der Waals surface area contributed by atoms with Crippen LogP contribution in [-0.2, 0) is 0 Å². The minimum Gasteiger partial charge on any atom is -0.368 e. The minimum atomic E-state index is 0.622. The minimum absolute atomic E-state index is 0.622. The van der Waals surface area contributed by atoms with Gasteiger partial charge in [0, 0.05) is 37.3 Å². The molecule has 0 bridgehead atoms. The fourth-order valence-electron chi connectivity index (χ4n) is 3.14. The van der Waals surface area contributed by atoms with E-state index in [1.165, 1.54) is 28.4 Å². The number of nitrogens with zero attached hydrogens (tertiary/aromatic N) is 1. The Hall–Kier alpha value is -1.54. The van der Waals surface area contributed by atoms with Gasteiger partial charge in [-0.05, 0) is 29.4 Å². The summed E-state index contributed by atoms with van der Waals surface area (Å²) in [6.45, 7) is 8.97. The summed E-state index contributed by atoms with van der Waals surface area (Å²) in [4.78, 5) is 2.51. The van der Waals surface area contributed by atoms with Crippen LogP contribution in [-0.4, -0.2) is 26.2 Å².